The summed E-state index contributed by atoms with van der Waals surface area (Å²) in [5.41, 5.74) is 1.90. The first-order chi connectivity index (χ1) is 12.9. The number of para-hydroxylation sites is 1. The predicted octanol–water partition coefficient (Wildman–Crippen LogP) is 3.06. The molecule has 0 aliphatic rings. The fraction of sp³-hybridized carbons (Fsp3) is 0.200. The second-order valence-electron chi connectivity index (χ2n) is 6.30. The summed E-state index contributed by atoms with van der Waals surface area (Å²) >= 11 is 0. The molecule has 3 rings (SSSR count). The quantitative estimate of drug-likeness (QED) is 0.727. The van der Waals surface area contributed by atoms with Crippen molar-refractivity contribution in [2.45, 2.75) is 19.9 Å². The molecular weight excluding hydrogens is 347 g/mol. The molecule has 1 amide bonds. The number of anilines is 2. The summed E-state index contributed by atoms with van der Waals surface area (Å²) in [7, 11) is 1.78. The first kappa shape index (κ1) is 18.4. The minimum atomic E-state index is -0.689. The Bertz CT molecular complexity index is 1020. The third kappa shape index (κ3) is 3.76. The normalized spacial score (nSPS) is 11.9. The van der Waals surface area contributed by atoms with Crippen LogP contribution >= 0.6 is 0 Å². The smallest absolute Gasteiger partial charge is 0.295 e. The van der Waals surface area contributed by atoms with E-state index in [9.17, 15) is 14.0 Å². The van der Waals surface area contributed by atoms with E-state index in [1.54, 1.807) is 31.6 Å². The molecule has 2 N–H and O–H groups in total. The second kappa shape index (κ2) is 7.49. The van der Waals surface area contributed by atoms with Crippen LogP contribution in [-0.2, 0) is 11.8 Å². The molecule has 0 fully saturated rings. The monoisotopic (exact) mass is 368 g/mol. The summed E-state index contributed by atoms with van der Waals surface area (Å²) in [4.78, 5) is 25.3. The number of carbonyl (C=O) groups is 1. The number of benzene rings is 2. The number of rotatable bonds is 5. The number of nitrogens with one attached hydrogen (secondary N) is 2. The van der Waals surface area contributed by atoms with Crippen molar-refractivity contribution >= 4 is 17.3 Å². The summed E-state index contributed by atoms with van der Waals surface area (Å²) in [5.74, 6) is -0.799. The summed E-state index contributed by atoms with van der Waals surface area (Å²) in [6, 6.07) is 14.2. The zero-order valence-corrected chi connectivity index (χ0v) is 15.4. The molecule has 0 bridgehead atoms. The summed E-state index contributed by atoms with van der Waals surface area (Å²) in [5, 5.41) is 5.62. The Morgan fingerprint density at radius 3 is 2.48 bits per heavy atom. The number of amides is 1. The van der Waals surface area contributed by atoms with Gasteiger partial charge in [0.1, 0.15) is 17.5 Å². The fourth-order valence-corrected chi connectivity index (χ4v) is 2.83. The van der Waals surface area contributed by atoms with Crippen LogP contribution in [0.1, 0.15) is 12.6 Å². The number of halogens is 1. The molecule has 3 aromatic rings. The highest BCUT2D eigenvalue weighted by atomic mass is 19.1. The van der Waals surface area contributed by atoms with Crippen molar-refractivity contribution in [1.82, 2.24) is 9.36 Å². The molecule has 0 saturated heterocycles. The molecule has 1 atom stereocenters. The molecule has 0 spiro atoms. The van der Waals surface area contributed by atoms with Gasteiger partial charge in [0.15, 0.2) is 0 Å². The van der Waals surface area contributed by atoms with Crippen LogP contribution in [-0.4, -0.2) is 21.3 Å². The largest absolute Gasteiger partial charge is 0.368 e. The maximum absolute atomic E-state index is 13.3. The van der Waals surface area contributed by atoms with E-state index in [1.165, 1.54) is 22.9 Å². The summed E-state index contributed by atoms with van der Waals surface area (Å²) in [6.45, 7) is 3.45. The number of hydrogen-bond acceptors (Lipinski definition) is 3. The molecule has 0 aliphatic heterocycles. The van der Waals surface area contributed by atoms with Crippen molar-refractivity contribution in [3.63, 3.8) is 0 Å². The lowest BCUT2D eigenvalue weighted by Gasteiger charge is -2.14. The lowest BCUT2D eigenvalue weighted by atomic mass is 10.2. The number of nitrogens with zero attached hydrogens (tertiary/aromatic N) is 2. The van der Waals surface area contributed by atoms with E-state index in [0.717, 1.165) is 5.69 Å². The SMILES string of the molecule is Cc1c(NC(C)C(=O)Nc2cccc(F)c2)c(=O)n(-c2ccccc2)n1C. The molecule has 0 saturated carbocycles. The minimum Gasteiger partial charge on any atom is -0.368 e. The predicted molar refractivity (Wildman–Crippen MR) is 104 cm³/mol. The van der Waals surface area contributed by atoms with E-state index in [1.807, 2.05) is 30.3 Å². The Morgan fingerprint density at radius 2 is 1.81 bits per heavy atom. The number of aromatic nitrogens is 2. The molecule has 0 aliphatic carbocycles. The van der Waals surface area contributed by atoms with Gasteiger partial charge in [-0.3, -0.25) is 14.3 Å². The number of hydrogen-bond donors (Lipinski definition) is 2. The second-order valence-corrected chi connectivity index (χ2v) is 6.30. The van der Waals surface area contributed by atoms with Gasteiger partial charge >= 0.3 is 0 Å². The lowest BCUT2D eigenvalue weighted by Crippen LogP contribution is -2.34. The van der Waals surface area contributed by atoms with E-state index in [2.05, 4.69) is 10.6 Å². The van der Waals surface area contributed by atoms with E-state index < -0.39 is 11.9 Å². The van der Waals surface area contributed by atoms with Crippen LogP contribution in [0.15, 0.2) is 59.4 Å². The Labute approximate surface area is 156 Å². The van der Waals surface area contributed by atoms with E-state index in [4.69, 9.17) is 0 Å². The van der Waals surface area contributed by atoms with E-state index in [0.29, 0.717) is 17.1 Å². The highest BCUT2D eigenvalue weighted by Gasteiger charge is 2.20. The maximum Gasteiger partial charge on any atom is 0.295 e. The molecular formula is C20H21FN4O2. The molecule has 27 heavy (non-hydrogen) atoms. The van der Waals surface area contributed by atoms with Gasteiger partial charge in [0.25, 0.3) is 5.56 Å². The average molecular weight is 368 g/mol. The van der Waals surface area contributed by atoms with Crippen LogP contribution in [0.25, 0.3) is 5.69 Å². The molecule has 1 unspecified atom stereocenters. The van der Waals surface area contributed by atoms with Gasteiger partial charge in [-0.05, 0) is 44.2 Å². The third-order valence-electron chi connectivity index (χ3n) is 4.40. The molecule has 1 aromatic heterocycles. The highest BCUT2D eigenvalue weighted by Crippen LogP contribution is 2.16. The van der Waals surface area contributed by atoms with Crippen LogP contribution in [0.5, 0.6) is 0 Å². The van der Waals surface area contributed by atoms with Gasteiger partial charge in [0.05, 0.1) is 11.4 Å². The Morgan fingerprint density at radius 1 is 1.11 bits per heavy atom. The molecule has 6 nitrogen and oxygen atoms in total. The minimum absolute atomic E-state index is 0.244. The van der Waals surface area contributed by atoms with Crippen molar-refractivity contribution in [3.8, 4) is 5.69 Å². The van der Waals surface area contributed by atoms with Crippen LogP contribution < -0.4 is 16.2 Å². The van der Waals surface area contributed by atoms with Gasteiger partial charge in [0.2, 0.25) is 5.91 Å². The van der Waals surface area contributed by atoms with Crippen LogP contribution in [0.4, 0.5) is 15.8 Å². The van der Waals surface area contributed by atoms with Gasteiger partial charge < -0.3 is 10.6 Å². The van der Waals surface area contributed by atoms with Gasteiger partial charge in [0, 0.05) is 12.7 Å². The summed E-state index contributed by atoms with van der Waals surface area (Å²) in [6.07, 6.45) is 0. The van der Waals surface area contributed by atoms with Crippen molar-refractivity contribution < 1.29 is 9.18 Å². The number of carbonyl (C=O) groups excluding carboxylic acids is 1. The van der Waals surface area contributed by atoms with Gasteiger partial charge in [-0.15, -0.1) is 0 Å². The molecule has 1 heterocycles. The van der Waals surface area contributed by atoms with E-state index >= 15 is 0 Å². The third-order valence-corrected chi connectivity index (χ3v) is 4.40. The van der Waals surface area contributed by atoms with Gasteiger partial charge in [-0.25, -0.2) is 9.07 Å². The van der Waals surface area contributed by atoms with Crippen molar-refractivity contribution in [1.29, 1.82) is 0 Å². The standard InChI is InChI=1S/C20H21FN4O2/c1-13(19(26)23-16-9-7-8-15(21)12-16)22-18-14(2)24(3)25(20(18)27)17-10-5-4-6-11-17/h4-13,22H,1-3H3,(H,23,26). The van der Waals surface area contributed by atoms with Gasteiger partial charge in [-0.1, -0.05) is 24.3 Å². The van der Waals surface area contributed by atoms with Gasteiger partial charge in [-0.2, -0.15) is 0 Å². The fourth-order valence-electron chi connectivity index (χ4n) is 2.83. The maximum atomic E-state index is 13.3. The zero-order valence-electron chi connectivity index (χ0n) is 15.4. The van der Waals surface area contributed by atoms with Crippen molar-refractivity contribution in [2.24, 2.45) is 7.05 Å². The van der Waals surface area contributed by atoms with Crippen LogP contribution in [0.2, 0.25) is 0 Å². The lowest BCUT2D eigenvalue weighted by molar-refractivity contribution is -0.116. The molecule has 2 aromatic carbocycles. The van der Waals surface area contributed by atoms with Crippen LogP contribution in [0, 0.1) is 12.7 Å². The van der Waals surface area contributed by atoms with E-state index in [-0.39, 0.29) is 11.5 Å². The molecule has 7 heteroatoms. The highest BCUT2D eigenvalue weighted by molar-refractivity contribution is 5.96. The van der Waals surface area contributed by atoms with Crippen molar-refractivity contribution in [2.75, 3.05) is 10.6 Å². The Balaban J connectivity index is 1.83. The molecule has 140 valence electrons. The Hall–Kier alpha value is -3.35. The van der Waals surface area contributed by atoms with Crippen molar-refractivity contribution in [3.05, 3.63) is 76.5 Å². The first-order valence-electron chi connectivity index (χ1n) is 8.55. The van der Waals surface area contributed by atoms with Crippen LogP contribution in [0.3, 0.4) is 0 Å². The summed E-state index contributed by atoms with van der Waals surface area (Å²) < 4.78 is 16.5. The average Bonchev–Trinajstić information content (AvgIpc) is 2.85. The topological polar surface area (TPSA) is 68.1 Å². The first-order valence-corrected chi connectivity index (χ1v) is 8.55. The Kier molecular flexibility index (Phi) is 5.12. The zero-order chi connectivity index (χ0) is 19.6. The molecule has 0 radical (unpaired) electrons.